The molecular formula is C16H14N2O2S2. The van der Waals surface area contributed by atoms with Crippen LogP contribution in [0.1, 0.15) is 13.8 Å². The van der Waals surface area contributed by atoms with Gasteiger partial charge in [-0.25, -0.2) is 0 Å². The molecule has 22 heavy (non-hydrogen) atoms. The van der Waals surface area contributed by atoms with Crippen LogP contribution in [0.2, 0.25) is 0 Å². The predicted molar refractivity (Wildman–Crippen MR) is 91.8 cm³/mol. The standard InChI is InChI=1S/C16H14N2O2S2/c1-7-15(19)17-11-9-5-3-4-6-10(9)12-14(13(11)21-7)22-8(2)16(20)18-12/h3-8H,1-2H3,(H,17,19)(H,18,20). The van der Waals surface area contributed by atoms with E-state index < -0.39 is 0 Å². The Bertz CT molecular complexity index is 766. The van der Waals surface area contributed by atoms with Crippen LogP contribution in [-0.2, 0) is 9.59 Å². The van der Waals surface area contributed by atoms with Gasteiger partial charge >= 0.3 is 0 Å². The van der Waals surface area contributed by atoms with E-state index in [0.717, 1.165) is 31.9 Å². The Hall–Kier alpha value is -1.66. The lowest BCUT2D eigenvalue weighted by molar-refractivity contribution is -0.116. The Morgan fingerprint density at radius 1 is 0.818 bits per heavy atom. The summed E-state index contributed by atoms with van der Waals surface area (Å²) >= 11 is 3.14. The van der Waals surface area contributed by atoms with Crippen LogP contribution in [0.4, 0.5) is 11.4 Å². The number of thioether (sulfide) groups is 2. The van der Waals surface area contributed by atoms with E-state index in [2.05, 4.69) is 10.6 Å². The van der Waals surface area contributed by atoms with Gasteiger partial charge in [-0.1, -0.05) is 24.3 Å². The third-order valence-corrected chi connectivity index (χ3v) is 6.50. The van der Waals surface area contributed by atoms with Crippen molar-refractivity contribution < 1.29 is 9.59 Å². The first-order valence-corrected chi connectivity index (χ1v) is 8.86. The number of hydrogen-bond donors (Lipinski definition) is 2. The van der Waals surface area contributed by atoms with Crippen molar-refractivity contribution in [3.05, 3.63) is 24.3 Å². The number of carbonyl (C=O) groups is 2. The van der Waals surface area contributed by atoms with Gasteiger partial charge in [0.05, 0.1) is 21.9 Å². The molecule has 2 aliphatic heterocycles. The lowest BCUT2D eigenvalue weighted by Gasteiger charge is -2.31. The molecular weight excluding hydrogens is 316 g/mol. The monoisotopic (exact) mass is 330 g/mol. The fourth-order valence-corrected chi connectivity index (χ4v) is 5.08. The molecule has 2 atom stereocenters. The minimum atomic E-state index is -0.133. The number of hydrogen-bond acceptors (Lipinski definition) is 4. The first kappa shape index (κ1) is 14.0. The molecule has 0 fully saturated rings. The van der Waals surface area contributed by atoms with Crippen molar-refractivity contribution in [3.63, 3.8) is 0 Å². The van der Waals surface area contributed by atoms with Gasteiger partial charge in [0.25, 0.3) is 0 Å². The maximum Gasteiger partial charge on any atom is 0.237 e. The first-order valence-electron chi connectivity index (χ1n) is 7.10. The van der Waals surface area contributed by atoms with E-state index in [1.807, 2.05) is 38.1 Å². The summed E-state index contributed by atoms with van der Waals surface area (Å²) in [6.07, 6.45) is 0. The van der Waals surface area contributed by atoms with Crippen molar-refractivity contribution in [2.24, 2.45) is 0 Å². The lowest BCUT2D eigenvalue weighted by atomic mass is 10.1. The summed E-state index contributed by atoms with van der Waals surface area (Å²) in [5.74, 6) is 0.0565. The van der Waals surface area contributed by atoms with E-state index >= 15 is 0 Å². The highest BCUT2D eigenvalue weighted by Crippen LogP contribution is 2.52. The molecule has 4 rings (SSSR count). The molecule has 0 saturated heterocycles. The number of carbonyl (C=O) groups excluding carboxylic acids is 2. The maximum absolute atomic E-state index is 12.1. The zero-order chi connectivity index (χ0) is 15.4. The molecule has 2 aliphatic rings. The zero-order valence-electron chi connectivity index (χ0n) is 12.1. The topological polar surface area (TPSA) is 58.2 Å². The van der Waals surface area contributed by atoms with Gasteiger partial charge in [-0.05, 0) is 13.8 Å². The second-order valence-electron chi connectivity index (χ2n) is 5.45. The Balaban J connectivity index is 2.07. The van der Waals surface area contributed by atoms with E-state index in [-0.39, 0.29) is 22.3 Å². The fraction of sp³-hybridized carbons (Fsp3) is 0.250. The molecule has 2 N–H and O–H groups in total. The minimum absolute atomic E-state index is 0.0282. The molecule has 2 heterocycles. The highest BCUT2D eigenvalue weighted by molar-refractivity contribution is 8.04. The summed E-state index contributed by atoms with van der Waals surface area (Å²) in [5.41, 5.74) is 1.75. The van der Waals surface area contributed by atoms with Crippen molar-refractivity contribution >= 4 is 57.5 Å². The summed E-state index contributed by atoms with van der Waals surface area (Å²) in [5, 5.41) is 7.76. The second kappa shape index (κ2) is 4.93. The summed E-state index contributed by atoms with van der Waals surface area (Å²) in [6, 6.07) is 7.87. The van der Waals surface area contributed by atoms with Crippen LogP contribution in [0.15, 0.2) is 34.1 Å². The van der Waals surface area contributed by atoms with Crippen molar-refractivity contribution in [2.75, 3.05) is 10.6 Å². The van der Waals surface area contributed by atoms with E-state index in [4.69, 9.17) is 0 Å². The number of anilines is 2. The number of benzene rings is 2. The Labute approximate surface area is 136 Å². The van der Waals surface area contributed by atoms with Crippen molar-refractivity contribution in [1.29, 1.82) is 0 Å². The number of rotatable bonds is 0. The summed E-state index contributed by atoms with van der Waals surface area (Å²) in [4.78, 5) is 26.3. The van der Waals surface area contributed by atoms with Crippen LogP contribution in [0, 0.1) is 0 Å². The second-order valence-corrected chi connectivity index (χ2v) is 8.15. The first-order chi connectivity index (χ1) is 10.6. The molecule has 2 aromatic carbocycles. The molecule has 0 saturated carbocycles. The average Bonchev–Trinajstić information content (AvgIpc) is 2.51. The van der Waals surface area contributed by atoms with Gasteiger partial charge in [0.1, 0.15) is 0 Å². The van der Waals surface area contributed by atoms with Crippen LogP contribution < -0.4 is 10.6 Å². The highest BCUT2D eigenvalue weighted by Gasteiger charge is 2.33. The normalized spacial score (nSPS) is 23.5. The molecule has 112 valence electrons. The smallest absolute Gasteiger partial charge is 0.237 e. The Morgan fingerprint density at radius 3 is 1.64 bits per heavy atom. The SMILES string of the molecule is CC1Sc2c3c(c4ccccc4c2NC1=O)NC(=O)C(C)S3. The highest BCUT2D eigenvalue weighted by atomic mass is 32.2. The van der Waals surface area contributed by atoms with Crippen LogP contribution in [-0.4, -0.2) is 22.3 Å². The van der Waals surface area contributed by atoms with Crippen molar-refractivity contribution in [1.82, 2.24) is 0 Å². The van der Waals surface area contributed by atoms with Gasteiger partial charge in [-0.15, -0.1) is 23.5 Å². The van der Waals surface area contributed by atoms with Gasteiger partial charge in [-0.3, -0.25) is 9.59 Å². The molecule has 0 aliphatic carbocycles. The predicted octanol–water partition coefficient (Wildman–Crippen LogP) is 3.71. The van der Waals surface area contributed by atoms with Crippen molar-refractivity contribution in [3.8, 4) is 0 Å². The third-order valence-electron chi connectivity index (χ3n) is 3.95. The molecule has 2 aromatic rings. The average molecular weight is 330 g/mol. The fourth-order valence-electron chi connectivity index (χ4n) is 2.77. The summed E-state index contributed by atoms with van der Waals surface area (Å²) in [7, 11) is 0. The molecule has 0 spiro atoms. The summed E-state index contributed by atoms with van der Waals surface area (Å²) < 4.78 is 0. The third kappa shape index (κ3) is 1.94. The molecule has 0 bridgehead atoms. The molecule has 0 radical (unpaired) electrons. The largest absolute Gasteiger partial charge is 0.324 e. The van der Waals surface area contributed by atoms with E-state index in [1.165, 1.54) is 0 Å². The Morgan fingerprint density at radius 2 is 1.23 bits per heavy atom. The summed E-state index contributed by atoms with van der Waals surface area (Å²) in [6.45, 7) is 3.81. The number of nitrogens with one attached hydrogen (secondary N) is 2. The zero-order valence-corrected chi connectivity index (χ0v) is 13.7. The van der Waals surface area contributed by atoms with Gasteiger partial charge in [0.2, 0.25) is 11.8 Å². The molecule has 0 aromatic heterocycles. The van der Waals surface area contributed by atoms with Gasteiger partial charge in [0, 0.05) is 20.6 Å². The van der Waals surface area contributed by atoms with Crippen molar-refractivity contribution in [2.45, 2.75) is 34.1 Å². The lowest BCUT2D eigenvalue weighted by Crippen LogP contribution is -2.30. The molecule has 2 amide bonds. The number of fused-ring (bicyclic) bond motifs is 6. The van der Waals surface area contributed by atoms with Gasteiger partial charge in [-0.2, -0.15) is 0 Å². The maximum atomic E-state index is 12.1. The molecule has 6 heteroatoms. The van der Waals surface area contributed by atoms with Crippen LogP contribution in [0.25, 0.3) is 10.8 Å². The molecule has 2 unspecified atom stereocenters. The van der Waals surface area contributed by atoms with Crippen LogP contribution >= 0.6 is 23.5 Å². The van der Waals surface area contributed by atoms with Gasteiger partial charge < -0.3 is 10.6 Å². The van der Waals surface area contributed by atoms with E-state index in [9.17, 15) is 9.59 Å². The van der Waals surface area contributed by atoms with Gasteiger partial charge in [0.15, 0.2) is 0 Å². The van der Waals surface area contributed by atoms with Crippen LogP contribution in [0.5, 0.6) is 0 Å². The van der Waals surface area contributed by atoms with Crippen LogP contribution in [0.3, 0.4) is 0 Å². The minimum Gasteiger partial charge on any atom is -0.324 e. The Kier molecular flexibility index (Phi) is 3.13. The van der Waals surface area contributed by atoms with E-state index in [0.29, 0.717) is 0 Å². The molecule has 4 nitrogen and oxygen atoms in total. The number of amides is 2. The quantitative estimate of drug-likeness (QED) is 0.773. The van der Waals surface area contributed by atoms with E-state index in [1.54, 1.807) is 23.5 Å².